The number of carbonyl (C=O) groups excluding carboxylic acids is 1. The molecule has 0 bridgehead atoms. The molecular weight excluding hydrogens is 222 g/mol. The third-order valence-corrected chi connectivity index (χ3v) is 4.24. The molecule has 1 N–H and O–H groups in total. The zero-order valence-electron chi connectivity index (χ0n) is 10.3. The molecule has 0 aromatic heterocycles. The molecule has 0 spiro atoms. The molecule has 0 aromatic rings. The van der Waals surface area contributed by atoms with E-state index < -0.39 is 8.07 Å². The average molecular weight is 243 g/mol. The highest BCUT2D eigenvalue weighted by Crippen LogP contribution is 2.16. The average Bonchev–Trinajstić information content (AvgIpc) is 2.63. The van der Waals surface area contributed by atoms with E-state index in [0.717, 1.165) is 12.5 Å². The van der Waals surface area contributed by atoms with Crippen molar-refractivity contribution < 1.29 is 14.6 Å². The molecule has 1 aliphatic rings. The number of aliphatic hydroxyl groups excluding tert-OH is 1. The van der Waals surface area contributed by atoms with Crippen LogP contribution in [-0.2, 0) is 4.74 Å². The van der Waals surface area contributed by atoms with Crippen LogP contribution in [0.25, 0.3) is 0 Å². The summed E-state index contributed by atoms with van der Waals surface area (Å²) in [4.78, 5) is 13.2. The molecule has 1 rings (SSSR count). The molecule has 1 amide bonds. The van der Waals surface area contributed by atoms with E-state index in [0.29, 0.717) is 18.8 Å². The minimum absolute atomic E-state index is 0.0941. The molecule has 0 radical (unpaired) electrons. The van der Waals surface area contributed by atoms with E-state index in [9.17, 15) is 4.79 Å². The molecule has 0 saturated carbocycles. The van der Waals surface area contributed by atoms with Gasteiger partial charge in [0.25, 0.3) is 0 Å². The lowest BCUT2D eigenvalue weighted by molar-refractivity contribution is 0.116. The number of hydrogen-bond donors (Lipinski definition) is 1. The van der Waals surface area contributed by atoms with Crippen molar-refractivity contribution in [3.8, 4) is 0 Å². The molecule has 0 fully saturated rings. The Morgan fingerprint density at radius 3 is 2.81 bits per heavy atom. The zero-order valence-corrected chi connectivity index (χ0v) is 11.3. The van der Waals surface area contributed by atoms with Gasteiger partial charge in [0, 0.05) is 20.3 Å². The van der Waals surface area contributed by atoms with Crippen LogP contribution >= 0.6 is 0 Å². The van der Waals surface area contributed by atoms with Crippen LogP contribution in [0.15, 0.2) is 11.8 Å². The number of rotatable bonds is 4. The predicted molar refractivity (Wildman–Crippen MR) is 66.0 cm³/mol. The fourth-order valence-corrected chi connectivity index (χ4v) is 2.21. The van der Waals surface area contributed by atoms with Crippen molar-refractivity contribution in [3.05, 3.63) is 11.8 Å². The standard InChI is InChI=1S/C11H21NO3Si/c1-16(2,3)8-7-15-11(14)12-6-4-5-10(12)9-13/h5,13H,4,6-9H2,1-3H3. The monoisotopic (exact) mass is 243 g/mol. The fourth-order valence-electron chi connectivity index (χ4n) is 1.49. The molecule has 5 heteroatoms. The summed E-state index contributed by atoms with van der Waals surface area (Å²) in [5.41, 5.74) is 0.665. The first-order valence-electron chi connectivity index (χ1n) is 5.68. The van der Waals surface area contributed by atoms with Gasteiger partial charge in [0.15, 0.2) is 0 Å². The summed E-state index contributed by atoms with van der Waals surface area (Å²) in [6.45, 7) is 7.76. The molecule has 0 aromatic carbocycles. The van der Waals surface area contributed by atoms with Gasteiger partial charge in [-0.15, -0.1) is 0 Å². The number of amides is 1. The Bertz CT molecular complexity index is 283. The smallest absolute Gasteiger partial charge is 0.414 e. The number of ether oxygens (including phenoxy) is 1. The van der Waals surface area contributed by atoms with Gasteiger partial charge in [-0.1, -0.05) is 25.7 Å². The molecule has 0 aliphatic carbocycles. The van der Waals surface area contributed by atoms with E-state index in [1.807, 2.05) is 6.08 Å². The minimum atomic E-state index is -1.15. The minimum Gasteiger partial charge on any atom is -0.449 e. The van der Waals surface area contributed by atoms with Crippen LogP contribution in [0.3, 0.4) is 0 Å². The van der Waals surface area contributed by atoms with Gasteiger partial charge < -0.3 is 9.84 Å². The lowest BCUT2D eigenvalue weighted by Gasteiger charge is -2.20. The molecule has 0 atom stereocenters. The molecule has 16 heavy (non-hydrogen) atoms. The van der Waals surface area contributed by atoms with Crippen molar-refractivity contribution in [2.45, 2.75) is 32.1 Å². The highest BCUT2D eigenvalue weighted by molar-refractivity contribution is 6.76. The van der Waals surface area contributed by atoms with Gasteiger partial charge >= 0.3 is 6.09 Å². The third-order valence-electron chi connectivity index (χ3n) is 2.54. The largest absolute Gasteiger partial charge is 0.449 e. The number of nitrogens with zero attached hydrogens (tertiary/aromatic N) is 1. The van der Waals surface area contributed by atoms with E-state index >= 15 is 0 Å². The topological polar surface area (TPSA) is 49.8 Å². The van der Waals surface area contributed by atoms with Gasteiger partial charge in [0.2, 0.25) is 0 Å². The fraction of sp³-hybridized carbons (Fsp3) is 0.727. The van der Waals surface area contributed by atoms with Crippen LogP contribution in [0.5, 0.6) is 0 Å². The number of hydrogen-bond acceptors (Lipinski definition) is 3. The lowest BCUT2D eigenvalue weighted by Crippen LogP contribution is -2.31. The second-order valence-corrected chi connectivity index (χ2v) is 10.8. The molecule has 0 saturated heterocycles. The highest BCUT2D eigenvalue weighted by atomic mass is 28.3. The Balaban J connectivity index is 2.33. The first-order valence-corrected chi connectivity index (χ1v) is 9.39. The van der Waals surface area contributed by atoms with E-state index in [-0.39, 0.29) is 12.7 Å². The van der Waals surface area contributed by atoms with Crippen LogP contribution in [0.2, 0.25) is 25.7 Å². The molecular formula is C11H21NO3Si. The van der Waals surface area contributed by atoms with Gasteiger partial charge in [-0.2, -0.15) is 0 Å². The number of aliphatic hydroxyl groups is 1. The van der Waals surface area contributed by atoms with Crippen molar-refractivity contribution >= 4 is 14.2 Å². The van der Waals surface area contributed by atoms with E-state index in [1.165, 1.54) is 4.90 Å². The normalized spacial score (nSPS) is 16.2. The van der Waals surface area contributed by atoms with Crippen molar-refractivity contribution in [2.24, 2.45) is 0 Å². The molecule has 1 aliphatic heterocycles. The van der Waals surface area contributed by atoms with E-state index in [1.54, 1.807) is 0 Å². The SMILES string of the molecule is C[Si](C)(C)CCOC(=O)N1CCC=C1CO. The summed E-state index contributed by atoms with van der Waals surface area (Å²) in [5, 5.41) is 9.03. The summed E-state index contributed by atoms with van der Waals surface area (Å²) in [6, 6.07) is 0.977. The van der Waals surface area contributed by atoms with E-state index in [4.69, 9.17) is 9.84 Å². The van der Waals surface area contributed by atoms with Crippen molar-refractivity contribution in [1.82, 2.24) is 4.90 Å². The van der Waals surface area contributed by atoms with Crippen LogP contribution in [0.4, 0.5) is 4.79 Å². The Morgan fingerprint density at radius 2 is 2.25 bits per heavy atom. The Kier molecular flexibility index (Phi) is 4.55. The van der Waals surface area contributed by atoms with Crippen molar-refractivity contribution in [1.29, 1.82) is 0 Å². The predicted octanol–water partition coefficient (Wildman–Crippen LogP) is 2.04. The maximum Gasteiger partial charge on any atom is 0.414 e. The van der Waals surface area contributed by atoms with Gasteiger partial charge in [-0.3, -0.25) is 4.90 Å². The quantitative estimate of drug-likeness (QED) is 0.769. The van der Waals surface area contributed by atoms with Gasteiger partial charge in [0.05, 0.1) is 13.2 Å². The van der Waals surface area contributed by atoms with Crippen LogP contribution < -0.4 is 0 Å². The summed E-state index contributed by atoms with van der Waals surface area (Å²) in [7, 11) is -1.15. The van der Waals surface area contributed by atoms with Crippen molar-refractivity contribution in [3.63, 3.8) is 0 Å². The maximum absolute atomic E-state index is 11.7. The first kappa shape index (κ1) is 13.3. The molecule has 1 heterocycles. The summed E-state index contributed by atoms with van der Waals surface area (Å²) < 4.78 is 5.20. The lowest BCUT2D eigenvalue weighted by atomic mass is 10.4. The highest BCUT2D eigenvalue weighted by Gasteiger charge is 2.23. The molecule has 4 nitrogen and oxygen atoms in total. The van der Waals surface area contributed by atoms with Crippen molar-refractivity contribution in [2.75, 3.05) is 19.8 Å². The second kappa shape index (κ2) is 5.50. The Hall–Kier alpha value is -0.813. The van der Waals surface area contributed by atoms with Crippen LogP contribution in [0, 0.1) is 0 Å². The maximum atomic E-state index is 11.7. The van der Waals surface area contributed by atoms with Crippen LogP contribution in [0.1, 0.15) is 6.42 Å². The Labute approximate surface area is 97.9 Å². The molecule has 92 valence electrons. The van der Waals surface area contributed by atoms with Crippen LogP contribution in [-0.4, -0.2) is 43.9 Å². The van der Waals surface area contributed by atoms with Gasteiger partial charge in [-0.05, 0) is 12.5 Å². The van der Waals surface area contributed by atoms with Gasteiger partial charge in [-0.25, -0.2) is 4.79 Å². The van der Waals surface area contributed by atoms with E-state index in [2.05, 4.69) is 19.6 Å². The first-order chi connectivity index (χ1) is 7.44. The summed E-state index contributed by atoms with van der Waals surface area (Å²) >= 11 is 0. The second-order valence-electron chi connectivity index (χ2n) is 5.22. The summed E-state index contributed by atoms with van der Waals surface area (Å²) in [6.07, 6.45) is 2.36. The zero-order chi connectivity index (χ0) is 12.2. The third kappa shape index (κ3) is 3.98. The van der Waals surface area contributed by atoms with Gasteiger partial charge in [0.1, 0.15) is 0 Å². The Morgan fingerprint density at radius 1 is 1.56 bits per heavy atom. The summed E-state index contributed by atoms with van der Waals surface area (Å²) in [5.74, 6) is 0. The molecule has 0 unspecified atom stereocenters. The number of carbonyl (C=O) groups is 1.